The Balaban J connectivity index is 0.000000762. The molecule has 0 amide bonds. The molecule has 0 fully saturated rings. The molecule has 17 heteroatoms. The Morgan fingerprint density at radius 1 is 1.06 bits per heavy atom. The van der Waals surface area contributed by atoms with E-state index in [1.54, 1.807) is 0 Å². The average molecular weight is 553 g/mol. The van der Waals surface area contributed by atoms with Gasteiger partial charge in [0.25, 0.3) is 10.0 Å². The first kappa shape index (κ1) is 29.6. The van der Waals surface area contributed by atoms with Gasteiger partial charge in [-0.3, -0.25) is 4.72 Å². The smallest absolute Gasteiger partial charge is 0.490 e. The number of carbonyl (C=O) groups is 2. The quantitative estimate of drug-likeness (QED) is 0.285. The molecule has 0 unspecified atom stereocenters. The predicted octanol–water partition coefficient (Wildman–Crippen LogP) is 4.17. The normalized spacial score (nSPS) is 11.7. The molecule has 0 heterocycles. The van der Waals surface area contributed by atoms with Gasteiger partial charge in [0.15, 0.2) is 0 Å². The fourth-order valence-corrected chi connectivity index (χ4v) is 3.78. The van der Waals surface area contributed by atoms with Gasteiger partial charge in [-0.05, 0) is 30.3 Å². The molecule has 0 aliphatic rings. The van der Waals surface area contributed by atoms with Crippen LogP contribution < -0.4 is 15.2 Å². The van der Waals surface area contributed by atoms with Gasteiger partial charge in [0.2, 0.25) is 0 Å². The van der Waals surface area contributed by atoms with Crippen molar-refractivity contribution in [3.63, 3.8) is 0 Å². The molecule has 0 bridgehead atoms. The molecule has 0 radical (unpaired) electrons. The molecule has 0 atom stereocenters. The van der Waals surface area contributed by atoms with E-state index >= 15 is 0 Å². The highest BCUT2D eigenvalue weighted by atomic mass is 35.5. The topological polar surface area (TPSA) is 145 Å². The van der Waals surface area contributed by atoms with Crippen molar-refractivity contribution in [2.24, 2.45) is 0 Å². The number of rotatable bonds is 5. The Morgan fingerprint density at radius 3 is 2.03 bits per heavy atom. The largest absolute Gasteiger partial charge is 0.495 e. The van der Waals surface area contributed by atoms with Crippen LogP contribution in [0, 0.1) is 0 Å². The summed E-state index contributed by atoms with van der Waals surface area (Å²) in [5, 5.41) is 6.44. The van der Waals surface area contributed by atoms with Gasteiger partial charge in [-0.25, -0.2) is 18.0 Å². The summed E-state index contributed by atoms with van der Waals surface area (Å²) >= 11 is 5.55. The molecule has 35 heavy (non-hydrogen) atoms. The Hall–Kier alpha value is -3.40. The number of sulfonamides is 1. The maximum absolute atomic E-state index is 13.0. The highest BCUT2D eigenvalue weighted by molar-refractivity contribution is 7.92. The van der Waals surface area contributed by atoms with E-state index in [9.17, 15) is 39.6 Å². The second kappa shape index (κ2) is 10.9. The van der Waals surface area contributed by atoms with Crippen molar-refractivity contribution < 1.29 is 58.9 Å². The summed E-state index contributed by atoms with van der Waals surface area (Å²) in [5.74, 6) is -3.72. The zero-order chi connectivity index (χ0) is 27.4. The van der Waals surface area contributed by atoms with Gasteiger partial charge >= 0.3 is 24.3 Å². The molecule has 4 N–H and O–H groups in total. The number of alkyl halides is 6. The molecule has 0 aliphatic carbocycles. The maximum Gasteiger partial charge on any atom is 0.490 e. The third-order valence-electron chi connectivity index (χ3n) is 3.81. The van der Waals surface area contributed by atoms with E-state index in [2.05, 4.69) is 4.74 Å². The number of esters is 1. The number of carboxylic acid groups (broad SMARTS) is 1. The van der Waals surface area contributed by atoms with Gasteiger partial charge in [-0.2, -0.15) is 26.3 Å². The van der Waals surface area contributed by atoms with Crippen molar-refractivity contribution in [2.45, 2.75) is 17.2 Å². The molecule has 9 nitrogen and oxygen atoms in total. The zero-order valence-electron chi connectivity index (χ0n) is 17.4. The van der Waals surface area contributed by atoms with E-state index in [1.807, 2.05) is 4.72 Å². The minimum atomic E-state index is -5.08. The molecule has 194 valence electrons. The van der Waals surface area contributed by atoms with Gasteiger partial charge in [0.1, 0.15) is 10.6 Å². The van der Waals surface area contributed by atoms with E-state index in [0.29, 0.717) is 6.07 Å². The van der Waals surface area contributed by atoms with E-state index in [0.717, 1.165) is 19.2 Å². The summed E-state index contributed by atoms with van der Waals surface area (Å²) in [5.41, 5.74) is 3.36. The van der Waals surface area contributed by atoms with Crippen LogP contribution >= 0.6 is 11.6 Å². The highest BCUT2D eigenvalue weighted by Gasteiger charge is 2.38. The van der Waals surface area contributed by atoms with Crippen molar-refractivity contribution >= 4 is 44.9 Å². The summed E-state index contributed by atoms with van der Waals surface area (Å²) in [4.78, 5) is 20.1. The first-order valence-electron chi connectivity index (χ1n) is 8.60. The number of aliphatic carboxylic acids is 1. The summed E-state index contributed by atoms with van der Waals surface area (Å²) < 4.78 is 108. The lowest BCUT2D eigenvalue weighted by Gasteiger charge is -2.16. The Kier molecular flexibility index (Phi) is 9.23. The number of halogens is 7. The van der Waals surface area contributed by atoms with Crippen LogP contribution in [-0.2, 0) is 25.7 Å². The monoisotopic (exact) mass is 552 g/mol. The van der Waals surface area contributed by atoms with Gasteiger partial charge in [-0.15, -0.1) is 0 Å². The second-order valence-electron chi connectivity index (χ2n) is 6.18. The molecular formula is C18H15ClF6N2O7S. The standard InChI is InChI=1S/C16H14ClF3N2O5S.C2HF3O2/c1-26-13-4-3-8(15(23)27-2)5-14(13)28(24,25)22-12-6-9(16(18,19)20)10(17)7-11(12)21;3-2(4,5)1(6)7/h3-7,22H,21H2,1-2H3;(H,6,7). The van der Waals surface area contributed by atoms with Crippen LogP contribution in [0.25, 0.3) is 0 Å². The molecule has 0 spiro atoms. The van der Waals surface area contributed by atoms with E-state index in [1.165, 1.54) is 19.2 Å². The van der Waals surface area contributed by atoms with Crippen LogP contribution in [0.4, 0.5) is 37.7 Å². The van der Waals surface area contributed by atoms with Crippen LogP contribution in [0.15, 0.2) is 35.2 Å². The lowest BCUT2D eigenvalue weighted by molar-refractivity contribution is -0.192. The lowest BCUT2D eigenvalue weighted by Crippen LogP contribution is -2.21. The molecule has 2 aromatic carbocycles. The highest BCUT2D eigenvalue weighted by Crippen LogP contribution is 2.39. The van der Waals surface area contributed by atoms with Crippen LogP contribution in [0.1, 0.15) is 15.9 Å². The van der Waals surface area contributed by atoms with Gasteiger partial charge in [0.05, 0.1) is 41.7 Å². The SMILES string of the molecule is COC(=O)c1ccc(OC)c(S(=O)(=O)Nc2cc(C(F)(F)F)c(Cl)cc2N)c1.O=C(O)C(F)(F)F. The van der Waals surface area contributed by atoms with Crippen LogP contribution in [0.2, 0.25) is 5.02 Å². The first-order valence-corrected chi connectivity index (χ1v) is 10.5. The zero-order valence-corrected chi connectivity index (χ0v) is 19.0. The molecular weight excluding hydrogens is 538 g/mol. The van der Waals surface area contributed by atoms with Gasteiger partial charge in [-0.1, -0.05) is 11.6 Å². The number of methoxy groups -OCH3 is 2. The molecule has 0 aliphatic heterocycles. The second-order valence-corrected chi connectivity index (χ2v) is 8.24. The number of ether oxygens (including phenoxy) is 2. The number of hydrogen-bond donors (Lipinski definition) is 3. The number of nitrogens with two attached hydrogens (primary N) is 1. The average Bonchev–Trinajstić information content (AvgIpc) is 2.73. The third-order valence-corrected chi connectivity index (χ3v) is 5.51. The number of anilines is 2. The Bertz CT molecular complexity index is 1220. The number of carbonyl (C=O) groups excluding carboxylic acids is 1. The Morgan fingerprint density at radius 2 is 1.60 bits per heavy atom. The van der Waals surface area contributed by atoms with Crippen LogP contribution in [0.3, 0.4) is 0 Å². The number of carboxylic acids is 1. The fourth-order valence-electron chi connectivity index (χ4n) is 2.23. The van der Waals surface area contributed by atoms with Crippen molar-refractivity contribution in [1.29, 1.82) is 0 Å². The molecule has 0 aromatic heterocycles. The van der Waals surface area contributed by atoms with Crippen molar-refractivity contribution in [2.75, 3.05) is 24.7 Å². The van der Waals surface area contributed by atoms with Crippen molar-refractivity contribution in [1.82, 2.24) is 0 Å². The minimum Gasteiger partial charge on any atom is -0.495 e. The summed E-state index contributed by atoms with van der Waals surface area (Å²) in [6.07, 6.45) is -9.91. The fraction of sp³-hybridized carbons (Fsp3) is 0.222. The number of hydrogen-bond acceptors (Lipinski definition) is 7. The third kappa shape index (κ3) is 7.81. The molecule has 2 aromatic rings. The van der Waals surface area contributed by atoms with Gasteiger partial charge in [0, 0.05) is 0 Å². The summed E-state index contributed by atoms with van der Waals surface area (Å²) in [6, 6.07) is 4.69. The van der Waals surface area contributed by atoms with E-state index < -0.39 is 55.5 Å². The minimum absolute atomic E-state index is 0.108. The summed E-state index contributed by atoms with van der Waals surface area (Å²) in [6.45, 7) is 0. The maximum atomic E-state index is 13.0. The van der Waals surface area contributed by atoms with Crippen LogP contribution in [-0.4, -0.2) is 45.9 Å². The molecule has 0 saturated carbocycles. The molecule has 0 saturated heterocycles. The summed E-state index contributed by atoms with van der Waals surface area (Å²) in [7, 11) is -2.20. The van der Waals surface area contributed by atoms with Crippen molar-refractivity contribution in [3.8, 4) is 5.75 Å². The predicted molar refractivity (Wildman–Crippen MR) is 110 cm³/mol. The number of nitrogen functional groups attached to an aromatic ring is 1. The first-order chi connectivity index (χ1) is 15.8. The van der Waals surface area contributed by atoms with Gasteiger partial charge < -0.3 is 20.3 Å². The van der Waals surface area contributed by atoms with E-state index in [-0.39, 0.29) is 17.0 Å². The lowest BCUT2D eigenvalue weighted by atomic mass is 10.1. The number of nitrogens with one attached hydrogen (secondary N) is 1. The molecule has 2 rings (SSSR count). The van der Waals surface area contributed by atoms with Crippen LogP contribution in [0.5, 0.6) is 5.75 Å². The van der Waals surface area contributed by atoms with Crippen molar-refractivity contribution in [3.05, 3.63) is 46.5 Å². The van der Waals surface area contributed by atoms with E-state index in [4.69, 9.17) is 32.0 Å². The number of benzene rings is 2. The Labute approximate surface area is 198 Å².